The zero-order valence-electron chi connectivity index (χ0n) is 25.7. The number of hydrogen-bond acceptors (Lipinski definition) is 7. The van der Waals surface area contributed by atoms with Crippen LogP contribution in [0, 0.1) is 5.82 Å². The molecule has 1 amide bonds. The topological polar surface area (TPSA) is 143 Å². The van der Waals surface area contributed by atoms with Crippen LogP contribution in [0.2, 0.25) is 0 Å². The van der Waals surface area contributed by atoms with Crippen molar-refractivity contribution in [2.75, 3.05) is 19.5 Å². The van der Waals surface area contributed by atoms with Crippen molar-refractivity contribution in [2.45, 2.75) is 57.8 Å². The molecule has 0 spiro atoms. The maximum Gasteiger partial charge on any atom is 0.305 e. The molecule has 0 saturated heterocycles. The predicted molar refractivity (Wildman–Crippen MR) is 168 cm³/mol. The highest BCUT2D eigenvalue weighted by atomic mass is 19.1. The number of amides is 1. The van der Waals surface area contributed by atoms with Crippen LogP contribution in [0.25, 0.3) is 22.4 Å². The van der Waals surface area contributed by atoms with Gasteiger partial charge < -0.3 is 34.7 Å². The quantitative estimate of drug-likeness (QED) is 0.140. The molecule has 4 aromatic rings. The number of aromatic nitrogens is 2. The number of carbonyl (C=O) groups is 2. The van der Waals surface area contributed by atoms with E-state index in [0.29, 0.717) is 50.8 Å². The van der Waals surface area contributed by atoms with Crippen LogP contribution in [0.15, 0.2) is 67.0 Å². The molecule has 45 heavy (non-hydrogen) atoms. The summed E-state index contributed by atoms with van der Waals surface area (Å²) in [5.74, 6) is -1.21. The van der Waals surface area contributed by atoms with Gasteiger partial charge in [0.25, 0.3) is 5.91 Å². The van der Waals surface area contributed by atoms with Gasteiger partial charge in [-0.2, -0.15) is 0 Å². The summed E-state index contributed by atoms with van der Waals surface area (Å²) in [6, 6.07) is 14.6. The van der Waals surface area contributed by atoms with Crippen LogP contribution in [0.5, 0.6) is 11.5 Å². The van der Waals surface area contributed by atoms with E-state index in [2.05, 4.69) is 10.3 Å². The first-order chi connectivity index (χ1) is 21.5. The largest absolute Gasteiger partial charge is 0.497 e. The van der Waals surface area contributed by atoms with E-state index in [-0.39, 0.29) is 25.3 Å². The van der Waals surface area contributed by atoms with Crippen molar-refractivity contribution in [3.63, 3.8) is 0 Å². The Hall–Kier alpha value is -4.74. The summed E-state index contributed by atoms with van der Waals surface area (Å²) in [6.07, 6.45) is 0.560. The standard InChI is InChI=1S/C34H38FN3O7/c1-20(2)32-31(34(43)37-27-10-9-26(44-3)19-28(27)45-4)30(21-11-14-36-15-12-21)33(22-5-7-23(35)8-6-22)38(32)16-13-24(39)17-25(40)18-29(41)42/h5-12,14-15,19-20,24-25,39-40H,13,16-18H2,1-4H3,(H,37,43)(H,41,42)/t24-,25-/m1/s1. The number of halogens is 1. The van der Waals surface area contributed by atoms with Gasteiger partial charge in [0.15, 0.2) is 0 Å². The van der Waals surface area contributed by atoms with Gasteiger partial charge in [0.2, 0.25) is 0 Å². The number of nitrogens with zero attached hydrogens (tertiary/aromatic N) is 2. The van der Waals surface area contributed by atoms with Gasteiger partial charge in [0.05, 0.1) is 49.8 Å². The number of carbonyl (C=O) groups excluding carboxylic acids is 1. The third-order valence-electron chi connectivity index (χ3n) is 7.46. The summed E-state index contributed by atoms with van der Waals surface area (Å²) in [6.45, 7) is 4.13. The Morgan fingerprint density at radius 1 is 0.956 bits per heavy atom. The van der Waals surface area contributed by atoms with E-state index >= 15 is 0 Å². The van der Waals surface area contributed by atoms with E-state index in [1.165, 1.54) is 26.4 Å². The van der Waals surface area contributed by atoms with E-state index in [1.54, 1.807) is 54.9 Å². The summed E-state index contributed by atoms with van der Waals surface area (Å²) in [4.78, 5) is 29.6. The summed E-state index contributed by atoms with van der Waals surface area (Å²) >= 11 is 0. The molecule has 4 rings (SSSR count). The van der Waals surface area contributed by atoms with Crippen molar-refractivity contribution in [1.29, 1.82) is 0 Å². The number of pyridine rings is 1. The summed E-state index contributed by atoms with van der Waals surface area (Å²) < 4.78 is 26.9. The Balaban J connectivity index is 1.91. The molecule has 11 heteroatoms. The summed E-state index contributed by atoms with van der Waals surface area (Å²) in [5, 5.41) is 32.9. The monoisotopic (exact) mass is 619 g/mol. The van der Waals surface area contributed by atoms with Crippen molar-refractivity contribution in [2.24, 2.45) is 0 Å². The lowest BCUT2D eigenvalue weighted by Crippen LogP contribution is -2.22. The molecule has 2 aromatic carbocycles. The van der Waals surface area contributed by atoms with Crippen LogP contribution < -0.4 is 14.8 Å². The molecular weight excluding hydrogens is 581 g/mol. The minimum atomic E-state index is -1.21. The minimum Gasteiger partial charge on any atom is -0.497 e. The van der Waals surface area contributed by atoms with Gasteiger partial charge in [-0.3, -0.25) is 14.6 Å². The smallest absolute Gasteiger partial charge is 0.305 e. The Morgan fingerprint density at radius 3 is 2.24 bits per heavy atom. The Kier molecular flexibility index (Phi) is 10.9. The number of carboxylic acid groups (broad SMARTS) is 1. The molecule has 0 fully saturated rings. The van der Waals surface area contributed by atoms with Crippen molar-refractivity contribution < 1.29 is 38.8 Å². The molecule has 10 nitrogen and oxygen atoms in total. The lowest BCUT2D eigenvalue weighted by Gasteiger charge is -2.20. The third kappa shape index (κ3) is 7.86. The molecule has 238 valence electrons. The second-order valence-corrected chi connectivity index (χ2v) is 11.0. The number of hydrogen-bond donors (Lipinski definition) is 4. The summed E-state index contributed by atoms with van der Waals surface area (Å²) in [7, 11) is 3.03. The van der Waals surface area contributed by atoms with Gasteiger partial charge in [-0.05, 0) is 78.4 Å². The number of rotatable bonds is 14. The average molecular weight is 620 g/mol. The normalized spacial score (nSPS) is 12.5. The first kappa shape index (κ1) is 33.2. The number of anilines is 1. The minimum absolute atomic E-state index is 0.127. The molecule has 2 heterocycles. The molecule has 0 aliphatic rings. The molecule has 2 atom stereocenters. The number of benzene rings is 2. The number of methoxy groups -OCH3 is 2. The van der Waals surface area contributed by atoms with Gasteiger partial charge in [-0.25, -0.2) is 4.39 Å². The number of aliphatic carboxylic acids is 1. The molecule has 0 radical (unpaired) electrons. The maximum atomic E-state index is 14.4. The average Bonchev–Trinajstić information content (AvgIpc) is 3.36. The van der Waals surface area contributed by atoms with Crippen LogP contribution >= 0.6 is 0 Å². The van der Waals surface area contributed by atoms with E-state index in [9.17, 15) is 24.2 Å². The zero-order chi connectivity index (χ0) is 32.7. The fourth-order valence-corrected chi connectivity index (χ4v) is 5.49. The first-order valence-corrected chi connectivity index (χ1v) is 14.6. The highest BCUT2D eigenvalue weighted by Gasteiger charge is 2.31. The molecule has 0 bridgehead atoms. The summed E-state index contributed by atoms with van der Waals surface area (Å²) in [5.41, 5.74) is 4.06. The van der Waals surface area contributed by atoms with E-state index < -0.39 is 36.3 Å². The predicted octanol–water partition coefficient (Wildman–Crippen LogP) is 5.73. The Labute approximate surface area is 261 Å². The molecule has 2 aromatic heterocycles. The van der Waals surface area contributed by atoms with Crippen molar-refractivity contribution in [1.82, 2.24) is 9.55 Å². The lowest BCUT2D eigenvalue weighted by molar-refractivity contribution is -0.139. The van der Waals surface area contributed by atoms with Crippen LogP contribution in [-0.4, -0.2) is 63.2 Å². The van der Waals surface area contributed by atoms with Crippen LogP contribution in [0.3, 0.4) is 0 Å². The van der Waals surface area contributed by atoms with E-state index in [4.69, 9.17) is 14.6 Å². The van der Waals surface area contributed by atoms with Gasteiger partial charge in [0.1, 0.15) is 17.3 Å². The van der Waals surface area contributed by atoms with E-state index in [0.717, 1.165) is 0 Å². The van der Waals surface area contributed by atoms with Crippen LogP contribution in [-0.2, 0) is 11.3 Å². The molecular formula is C34H38FN3O7. The molecule has 0 unspecified atom stereocenters. The Bertz CT molecular complexity index is 1620. The highest BCUT2D eigenvalue weighted by molar-refractivity contribution is 6.13. The number of aliphatic hydroxyl groups is 2. The third-order valence-corrected chi connectivity index (χ3v) is 7.46. The molecule has 0 saturated carbocycles. The second kappa shape index (κ2) is 14.8. The second-order valence-electron chi connectivity index (χ2n) is 11.0. The van der Waals surface area contributed by atoms with E-state index in [1.807, 2.05) is 18.4 Å². The highest BCUT2D eigenvalue weighted by Crippen LogP contribution is 2.43. The molecule has 0 aliphatic heterocycles. The van der Waals surface area contributed by atoms with Gasteiger partial charge in [-0.1, -0.05) is 13.8 Å². The van der Waals surface area contributed by atoms with Gasteiger partial charge >= 0.3 is 5.97 Å². The van der Waals surface area contributed by atoms with Crippen molar-refractivity contribution in [3.8, 4) is 33.9 Å². The lowest BCUT2D eigenvalue weighted by atomic mass is 9.95. The van der Waals surface area contributed by atoms with Crippen molar-refractivity contribution >= 4 is 17.6 Å². The van der Waals surface area contributed by atoms with Crippen molar-refractivity contribution in [3.05, 3.63) is 84.1 Å². The SMILES string of the molecule is COc1ccc(NC(=O)c2c(-c3ccncc3)c(-c3ccc(F)cc3)n(CC[C@@H](O)C[C@@H](O)CC(=O)O)c2C(C)C)c(OC)c1. The molecule has 0 aliphatic carbocycles. The van der Waals surface area contributed by atoms with Crippen LogP contribution in [0.1, 0.15) is 55.1 Å². The maximum absolute atomic E-state index is 14.4. The zero-order valence-corrected chi connectivity index (χ0v) is 25.7. The fourth-order valence-electron chi connectivity index (χ4n) is 5.49. The fraction of sp³-hybridized carbons (Fsp3) is 0.324. The number of aliphatic hydroxyl groups excluding tert-OH is 2. The Morgan fingerprint density at radius 2 is 1.64 bits per heavy atom. The van der Waals surface area contributed by atoms with Crippen LogP contribution in [0.4, 0.5) is 10.1 Å². The van der Waals surface area contributed by atoms with Gasteiger partial charge in [0, 0.05) is 36.3 Å². The number of nitrogens with one attached hydrogen (secondary N) is 1. The first-order valence-electron chi connectivity index (χ1n) is 14.6. The molecule has 4 N–H and O–H groups in total. The number of ether oxygens (including phenoxy) is 2. The number of carboxylic acids is 1. The van der Waals surface area contributed by atoms with Gasteiger partial charge in [-0.15, -0.1) is 0 Å².